The molecule has 0 aliphatic rings. The molecule has 0 aromatic carbocycles. The van der Waals surface area contributed by atoms with Crippen molar-refractivity contribution in [2.75, 3.05) is 13.2 Å². The van der Waals surface area contributed by atoms with Crippen molar-refractivity contribution >= 4 is 10.5 Å². The van der Waals surface area contributed by atoms with Gasteiger partial charge in [0.15, 0.2) is 0 Å². The van der Waals surface area contributed by atoms with Crippen LogP contribution in [0.1, 0.15) is 19.8 Å². The zero-order valence-electron chi connectivity index (χ0n) is 7.55. The minimum Gasteiger partial charge on any atom is -0.428 e. The van der Waals surface area contributed by atoms with Gasteiger partial charge >= 0.3 is 0 Å². The van der Waals surface area contributed by atoms with E-state index in [-0.39, 0.29) is 6.04 Å². The van der Waals surface area contributed by atoms with Crippen LogP contribution in [0.2, 0.25) is 0 Å². The highest BCUT2D eigenvalue weighted by Gasteiger charge is 2.10. The first kappa shape index (κ1) is 11.1. The zero-order valence-corrected chi connectivity index (χ0v) is 9.55. The van der Waals surface area contributed by atoms with Crippen LogP contribution in [0.5, 0.6) is 0 Å². The molecule has 3 nitrogen and oxygen atoms in total. The second kappa shape index (κ2) is 6.79. The Bertz CT molecular complexity index is 90.5. The fraction of sp³-hybridized carbons (Fsp3) is 1.00. The van der Waals surface area contributed by atoms with E-state index < -0.39 is 0 Å². The van der Waals surface area contributed by atoms with E-state index in [1.807, 2.05) is 6.92 Å². The first-order valence-corrected chi connectivity index (χ1v) is 4.98. The van der Waals surface area contributed by atoms with Crippen LogP contribution in [0.15, 0.2) is 0 Å². The summed E-state index contributed by atoms with van der Waals surface area (Å²) in [5, 5.41) is 0. The summed E-state index contributed by atoms with van der Waals surface area (Å²) in [6.07, 6.45) is 2.18. The van der Waals surface area contributed by atoms with Crippen molar-refractivity contribution in [1.29, 1.82) is 0 Å². The molecule has 0 rings (SSSR count). The van der Waals surface area contributed by atoms with Crippen molar-refractivity contribution in [3.63, 3.8) is 0 Å². The number of rotatable bonds is 6. The summed E-state index contributed by atoms with van der Waals surface area (Å²) in [5.74, 6) is 0.465. The van der Waals surface area contributed by atoms with Crippen molar-refractivity contribution in [2.24, 2.45) is 17.4 Å². The third-order valence-corrected chi connectivity index (χ3v) is 2.38. The minimum absolute atomic E-state index is 0.217. The van der Waals surface area contributed by atoms with E-state index >= 15 is 0 Å². The normalized spacial score (nSPS) is 16.6. The highest BCUT2D eigenvalue weighted by Crippen LogP contribution is 2.07. The van der Waals surface area contributed by atoms with Crippen LogP contribution < -0.4 is 11.5 Å². The first-order valence-electron chi connectivity index (χ1n) is 4.17. The van der Waals surface area contributed by atoms with Gasteiger partial charge in [-0.3, -0.25) is 0 Å². The molecular formula is C7H20N2OSi. The SMILES string of the molecule is CC(N)C(CN)CCCO[SiH3]. The van der Waals surface area contributed by atoms with Crippen LogP contribution in [-0.4, -0.2) is 29.7 Å². The van der Waals surface area contributed by atoms with Gasteiger partial charge in [-0.05, 0) is 32.2 Å². The Hall–Kier alpha value is 0.0969. The molecule has 0 aliphatic heterocycles. The topological polar surface area (TPSA) is 61.3 Å². The van der Waals surface area contributed by atoms with Crippen LogP contribution in [0.4, 0.5) is 0 Å². The van der Waals surface area contributed by atoms with Crippen LogP contribution in [0.25, 0.3) is 0 Å². The fourth-order valence-electron chi connectivity index (χ4n) is 1.09. The first-order chi connectivity index (χ1) is 5.22. The molecule has 4 N–H and O–H groups in total. The Morgan fingerprint density at radius 2 is 2.18 bits per heavy atom. The lowest BCUT2D eigenvalue weighted by Crippen LogP contribution is -2.32. The fourth-order valence-corrected chi connectivity index (χ4v) is 1.37. The lowest BCUT2D eigenvalue weighted by atomic mass is 9.97. The van der Waals surface area contributed by atoms with Crippen LogP contribution in [0, 0.1) is 5.92 Å². The summed E-state index contributed by atoms with van der Waals surface area (Å²) >= 11 is 0. The zero-order chi connectivity index (χ0) is 8.69. The smallest absolute Gasteiger partial charge is 0.145 e. The van der Waals surface area contributed by atoms with E-state index in [1.165, 1.54) is 0 Å². The largest absolute Gasteiger partial charge is 0.428 e. The van der Waals surface area contributed by atoms with Crippen molar-refractivity contribution in [2.45, 2.75) is 25.8 Å². The second-order valence-electron chi connectivity index (χ2n) is 2.99. The molecule has 0 saturated carbocycles. The van der Waals surface area contributed by atoms with E-state index in [4.69, 9.17) is 15.9 Å². The molecule has 4 heteroatoms. The van der Waals surface area contributed by atoms with Crippen LogP contribution in [-0.2, 0) is 4.43 Å². The Balaban J connectivity index is 3.36. The molecule has 0 aliphatic carbocycles. The lowest BCUT2D eigenvalue weighted by Gasteiger charge is -2.17. The van der Waals surface area contributed by atoms with Gasteiger partial charge in [0.2, 0.25) is 0 Å². The van der Waals surface area contributed by atoms with Gasteiger partial charge in [0.25, 0.3) is 0 Å². The Morgan fingerprint density at radius 1 is 1.55 bits per heavy atom. The summed E-state index contributed by atoms with van der Waals surface area (Å²) in [7, 11) is 0.834. The number of hydrogen-bond acceptors (Lipinski definition) is 3. The van der Waals surface area contributed by atoms with E-state index in [0.717, 1.165) is 29.9 Å². The third-order valence-electron chi connectivity index (χ3n) is 1.97. The maximum atomic E-state index is 5.72. The average Bonchev–Trinajstić information content (AvgIpc) is 1.97. The van der Waals surface area contributed by atoms with E-state index in [1.54, 1.807) is 0 Å². The number of hydrogen-bond donors (Lipinski definition) is 2. The second-order valence-corrected chi connectivity index (χ2v) is 3.57. The molecule has 0 amide bonds. The van der Waals surface area contributed by atoms with Crippen molar-refractivity contribution < 1.29 is 4.43 Å². The minimum atomic E-state index is 0.217. The summed E-state index contributed by atoms with van der Waals surface area (Å²) in [6.45, 7) is 3.58. The molecule has 68 valence electrons. The summed E-state index contributed by atoms with van der Waals surface area (Å²) in [4.78, 5) is 0. The molecule has 0 radical (unpaired) electrons. The molecule has 11 heavy (non-hydrogen) atoms. The maximum absolute atomic E-state index is 5.72. The summed E-state index contributed by atoms with van der Waals surface area (Å²) in [5.41, 5.74) is 11.3. The molecule has 0 bridgehead atoms. The number of nitrogens with two attached hydrogens (primary N) is 2. The monoisotopic (exact) mass is 176 g/mol. The highest BCUT2D eigenvalue weighted by atomic mass is 28.2. The molecule has 0 spiro atoms. The van der Waals surface area contributed by atoms with Gasteiger partial charge in [-0.25, -0.2) is 0 Å². The van der Waals surface area contributed by atoms with Gasteiger partial charge in [-0.15, -0.1) is 0 Å². The van der Waals surface area contributed by atoms with E-state index in [0.29, 0.717) is 12.5 Å². The van der Waals surface area contributed by atoms with Gasteiger partial charge in [-0.1, -0.05) is 0 Å². The predicted molar refractivity (Wildman–Crippen MR) is 51.3 cm³/mol. The molecule has 2 atom stereocenters. The Labute approximate surface area is 72.0 Å². The quantitative estimate of drug-likeness (QED) is 0.402. The van der Waals surface area contributed by atoms with E-state index in [9.17, 15) is 0 Å². The highest BCUT2D eigenvalue weighted by molar-refractivity contribution is 5.97. The van der Waals surface area contributed by atoms with Gasteiger partial charge in [0.1, 0.15) is 10.5 Å². The predicted octanol–water partition coefficient (Wildman–Crippen LogP) is -1.01. The van der Waals surface area contributed by atoms with Crippen molar-refractivity contribution in [3.05, 3.63) is 0 Å². The molecule has 0 fully saturated rings. The molecule has 0 aromatic heterocycles. The van der Waals surface area contributed by atoms with Crippen molar-refractivity contribution in [3.8, 4) is 0 Å². The molecular weight excluding hydrogens is 156 g/mol. The maximum Gasteiger partial charge on any atom is 0.145 e. The van der Waals surface area contributed by atoms with Gasteiger partial charge in [0.05, 0.1) is 0 Å². The molecule has 0 heterocycles. The summed E-state index contributed by atoms with van der Waals surface area (Å²) < 4.78 is 5.07. The summed E-state index contributed by atoms with van der Waals surface area (Å²) in [6, 6.07) is 0.217. The molecule has 2 unspecified atom stereocenters. The van der Waals surface area contributed by atoms with E-state index in [2.05, 4.69) is 0 Å². The average molecular weight is 176 g/mol. The van der Waals surface area contributed by atoms with Crippen molar-refractivity contribution in [1.82, 2.24) is 0 Å². The third kappa shape index (κ3) is 5.38. The van der Waals surface area contributed by atoms with Gasteiger partial charge < -0.3 is 15.9 Å². The van der Waals surface area contributed by atoms with Gasteiger partial charge in [-0.2, -0.15) is 0 Å². The van der Waals surface area contributed by atoms with Crippen LogP contribution in [0.3, 0.4) is 0 Å². The van der Waals surface area contributed by atoms with Gasteiger partial charge in [0, 0.05) is 12.6 Å². The van der Waals surface area contributed by atoms with Crippen LogP contribution >= 0.6 is 0 Å². The Morgan fingerprint density at radius 3 is 2.55 bits per heavy atom. The Kier molecular flexibility index (Phi) is 6.85. The standard InChI is InChI=1S/C7H20N2OSi/c1-6(9)7(5-8)3-2-4-10-11/h6-7H,2-5,8-9H2,1,11H3. The lowest BCUT2D eigenvalue weighted by molar-refractivity contribution is 0.307. The molecule has 0 saturated heterocycles. The molecule has 0 aromatic rings.